The third-order valence-electron chi connectivity index (χ3n) is 8.04. The van der Waals surface area contributed by atoms with Crippen molar-refractivity contribution in [2.45, 2.75) is 50.9 Å². The number of esters is 1. The van der Waals surface area contributed by atoms with Gasteiger partial charge in [0.15, 0.2) is 23.4 Å². The van der Waals surface area contributed by atoms with Gasteiger partial charge >= 0.3 is 5.97 Å². The molecule has 0 radical (unpaired) electrons. The number of amides is 1. The number of ether oxygens (including phenoxy) is 2. The van der Waals surface area contributed by atoms with Crippen LogP contribution in [0.15, 0.2) is 57.6 Å². The van der Waals surface area contributed by atoms with E-state index in [4.69, 9.17) is 29.0 Å². The van der Waals surface area contributed by atoms with E-state index in [9.17, 15) is 9.59 Å². The number of hydrogen-bond acceptors (Lipinski definition) is 10. The molecule has 2 aromatic carbocycles. The summed E-state index contributed by atoms with van der Waals surface area (Å²) in [7, 11) is 1.27. The molecule has 1 spiro atoms. The minimum Gasteiger partial charge on any atom is -0.469 e. The zero-order valence-corrected chi connectivity index (χ0v) is 23.0. The first-order valence-electron chi connectivity index (χ1n) is 13.4. The molecule has 41 heavy (non-hydrogen) atoms. The number of aromatic nitrogens is 2. The Morgan fingerprint density at radius 1 is 1.12 bits per heavy atom. The fourth-order valence-corrected chi connectivity index (χ4v) is 6.05. The summed E-state index contributed by atoms with van der Waals surface area (Å²) in [6.07, 6.45) is 0.967. The highest BCUT2D eigenvalue weighted by Crippen LogP contribution is 2.59. The molecule has 11 heteroatoms. The number of nitrogens with one attached hydrogen (secondary N) is 2. The van der Waals surface area contributed by atoms with E-state index in [0.717, 1.165) is 22.4 Å². The molecular formula is C30H29N5O6. The SMILES string of the molecule is COC(=O)c1coc(-c2nc3oc2C24c5ccccc5NC2Oc2ccc(cc24)CC(N)C(=O)NC3C(C)(C)C)n1. The third kappa shape index (κ3) is 3.61. The standard InChI is InChI=1S/C30H29N5O6/c1-29(2,3)22-26-34-21(25-32-19(13-39-25)27(37)38-4)23(41-26)30-15-7-5-6-8-18(15)33-28(30)40-20-10-9-14(11-16(20)30)12-17(31)24(36)35-22/h5-11,13,17,22,28,33H,12,31H2,1-4H3,(H,35,36). The molecule has 3 aliphatic rings. The first kappa shape index (κ1) is 25.3. The molecule has 4 unspecified atom stereocenters. The van der Waals surface area contributed by atoms with Crippen molar-refractivity contribution >= 4 is 17.6 Å². The first-order valence-corrected chi connectivity index (χ1v) is 13.4. The van der Waals surface area contributed by atoms with E-state index in [2.05, 4.69) is 15.6 Å². The van der Waals surface area contributed by atoms with Crippen molar-refractivity contribution in [2.75, 3.05) is 12.4 Å². The number of rotatable bonds is 2. The van der Waals surface area contributed by atoms with Crippen molar-refractivity contribution < 1.29 is 27.9 Å². The molecule has 4 N–H and O–H groups in total. The maximum atomic E-state index is 13.3. The number of oxazole rings is 2. The van der Waals surface area contributed by atoms with Crippen LogP contribution in [0.2, 0.25) is 0 Å². The molecule has 11 nitrogen and oxygen atoms in total. The summed E-state index contributed by atoms with van der Waals surface area (Å²) < 4.78 is 23.9. The topological polar surface area (TPSA) is 155 Å². The van der Waals surface area contributed by atoms with Gasteiger partial charge in [-0.2, -0.15) is 0 Å². The lowest BCUT2D eigenvalue weighted by atomic mass is 9.72. The van der Waals surface area contributed by atoms with Crippen LogP contribution in [0, 0.1) is 5.41 Å². The minimum absolute atomic E-state index is 0.00748. The summed E-state index contributed by atoms with van der Waals surface area (Å²) in [5.41, 5.74) is 8.69. The summed E-state index contributed by atoms with van der Waals surface area (Å²) in [5.74, 6) is 0.431. The molecule has 3 aliphatic heterocycles. The van der Waals surface area contributed by atoms with E-state index in [1.165, 1.54) is 13.4 Å². The summed E-state index contributed by atoms with van der Waals surface area (Å²) in [6, 6.07) is 12.3. The number of para-hydroxylation sites is 1. The van der Waals surface area contributed by atoms with Gasteiger partial charge in [-0.15, -0.1) is 0 Å². The van der Waals surface area contributed by atoms with Gasteiger partial charge in [-0.1, -0.05) is 51.1 Å². The Balaban J connectivity index is 1.57. The number of benzene rings is 2. The lowest BCUT2D eigenvalue weighted by molar-refractivity contribution is -0.124. The predicted molar refractivity (Wildman–Crippen MR) is 146 cm³/mol. The average Bonchev–Trinajstić information content (AvgIpc) is 3.70. The third-order valence-corrected chi connectivity index (χ3v) is 8.04. The maximum absolute atomic E-state index is 13.3. The van der Waals surface area contributed by atoms with Gasteiger partial charge in [0.1, 0.15) is 23.5 Å². The Kier molecular flexibility index (Phi) is 5.36. The highest BCUT2D eigenvalue weighted by Gasteiger charge is 2.61. The van der Waals surface area contributed by atoms with Crippen LogP contribution in [0.25, 0.3) is 11.6 Å². The second-order valence-electron chi connectivity index (χ2n) is 11.7. The Labute approximate surface area is 235 Å². The molecule has 0 aliphatic carbocycles. The summed E-state index contributed by atoms with van der Waals surface area (Å²) in [4.78, 5) is 34.9. The molecule has 210 valence electrons. The number of hydrogen-bond donors (Lipinski definition) is 3. The summed E-state index contributed by atoms with van der Waals surface area (Å²) >= 11 is 0. The molecule has 2 aromatic heterocycles. The van der Waals surface area contributed by atoms with Gasteiger partial charge < -0.3 is 34.7 Å². The second kappa shape index (κ2) is 8.68. The zero-order chi connectivity index (χ0) is 28.7. The van der Waals surface area contributed by atoms with Crippen molar-refractivity contribution in [3.8, 4) is 17.3 Å². The average molecular weight is 556 g/mol. The lowest BCUT2D eigenvalue weighted by Crippen LogP contribution is -2.46. The molecule has 0 fully saturated rings. The van der Waals surface area contributed by atoms with Gasteiger partial charge in [-0.25, -0.2) is 14.8 Å². The highest BCUT2D eigenvalue weighted by atomic mass is 16.5. The van der Waals surface area contributed by atoms with E-state index in [-0.39, 0.29) is 29.1 Å². The molecule has 4 aromatic rings. The summed E-state index contributed by atoms with van der Waals surface area (Å²) in [5, 5.41) is 6.58. The lowest BCUT2D eigenvalue weighted by Gasteiger charge is -2.31. The minimum atomic E-state index is -1.00. The van der Waals surface area contributed by atoms with Gasteiger partial charge in [-0.05, 0) is 35.1 Å². The highest BCUT2D eigenvalue weighted by molar-refractivity contribution is 5.87. The van der Waals surface area contributed by atoms with Crippen LogP contribution in [-0.2, 0) is 21.4 Å². The van der Waals surface area contributed by atoms with Gasteiger partial charge in [0.2, 0.25) is 17.7 Å². The smallest absolute Gasteiger partial charge is 0.360 e. The van der Waals surface area contributed by atoms with Crippen molar-refractivity contribution in [3.63, 3.8) is 0 Å². The molecule has 0 saturated carbocycles. The fraction of sp³-hybridized carbons (Fsp3) is 0.333. The molecule has 1 amide bonds. The zero-order valence-electron chi connectivity index (χ0n) is 23.0. The number of nitrogens with zero attached hydrogens (tertiary/aromatic N) is 2. The van der Waals surface area contributed by atoms with E-state index >= 15 is 0 Å². The number of carbonyl (C=O) groups excluding carboxylic acids is 2. The van der Waals surface area contributed by atoms with Crippen molar-refractivity contribution in [1.29, 1.82) is 0 Å². The predicted octanol–water partition coefficient (Wildman–Crippen LogP) is 3.68. The molecule has 4 bridgehead atoms. The van der Waals surface area contributed by atoms with E-state index in [0.29, 0.717) is 17.9 Å². The van der Waals surface area contributed by atoms with Gasteiger partial charge in [0, 0.05) is 11.3 Å². The van der Waals surface area contributed by atoms with Crippen molar-refractivity contribution in [3.05, 3.63) is 82.8 Å². The van der Waals surface area contributed by atoms with Crippen LogP contribution in [0.4, 0.5) is 5.69 Å². The van der Waals surface area contributed by atoms with Crippen LogP contribution < -0.4 is 21.1 Å². The normalized spacial score (nSPS) is 24.2. The molecule has 0 saturated heterocycles. The van der Waals surface area contributed by atoms with Crippen molar-refractivity contribution in [1.82, 2.24) is 15.3 Å². The van der Waals surface area contributed by atoms with Gasteiger partial charge in [-0.3, -0.25) is 4.79 Å². The Morgan fingerprint density at radius 2 is 1.93 bits per heavy atom. The van der Waals surface area contributed by atoms with E-state index in [1.807, 2.05) is 63.2 Å². The number of fused-ring (bicyclic) bond motifs is 4. The van der Waals surface area contributed by atoms with Gasteiger partial charge in [0.25, 0.3) is 0 Å². The second-order valence-corrected chi connectivity index (χ2v) is 11.7. The molecule has 4 atom stereocenters. The van der Waals surface area contributed by atoms with E-state index < -0.39 is 35.1 Å². The maximum Gasteiger partial charge on any atom is 0.360 e. The van der Waals surface area contributed by atoms with Crippen LogP contribution in [-0.4, -0.2) is 41.2 Å². The Bertz CT molecular complexity index is 1720. The largest absolute Gasteiger partial charge is 0.469 e. The summed E-state index contributed by atoms with van der Waals surface area (Å²) in [6.45, 7) is 5.94. The van der Waals surface area contributed by atoms with Gasteiger partial charge in [0.05, 0.1) is 13.2 Å². The van der Waals surface area contributed by atoms with Crippen LogP contribution in [0.3, 0.4) is 0 Å². The first-order chi connectivity index (χ1) is 19.6. The Morgan fingerprint density at radius 3 is 2.71 bits per heavy atom. The number of anilines is 1. The quantitative estimate of drug-likeness (QED) is 0.312. The van der Waals surface area contributed by atoms with Crippen molar-refractivity contribution in [2.24, 2.45) is 11.1 Å². The molecule has 7 rings (SSSR count). The number of nitrogens with two attached hydrogens (primary N) is 1. The van der Waals surface area contributed by atoms with E-state index in [1.54, 1.807) is 0 Å². The number of carbonyl (C=O) groups is 2. The molecule has 5 heterocycles. The van der Waals surface area contributed by atoms with Crippen LogP contribution in [0.5, 0.6) is 5.75 Å². The number of methoxy groups -OCH3 is 1. The van der Waals surface area contributed by atoms with Crippen LogP contribution in [0.1, 0.15) is 65.6 Å². The molecular weight excluding hydrogens is 526 g/mol. The fourth-order valence-electron chi connectivity index (χ4n) is 6.05. The monoisotopic (exact) mass is 555 g/mol. The van der Waals surface area contributed by atoms with Crippen LogP contribution >= 0.6 is 0 Å². The Hall–Kier alpha value is -4.64.